The average Bonchev–Trinajstić information content (AvgIpc) is 2.82. The van der Waals surface area contributed by atoms with E-state index in [1.54, 1.807) is 0 Å². The van der Waals surface area contributed by atoms with Crippen molar-refractivity contribution in [3.05, 3.63) is 24.3 Å². The van der Waals surface area contributed by atoms with Crippen LogP contribution in [0, 0.1) is 0 Å². The molecule has 1 aliphatic rings. The van der Waals surface area contributed by atoms with Crippen molar-refractivity contribution >= 4 is 11.4 Å². The molecule has 1 heterocycles. The number of rotatable bonds is 5. The lowest BCUT2D eigenvalue weighted by molar-refractivity contribution is 0.120. The van der Waals surface area contributed by atoms with Crippen molar-refractivity contribution in [1.82, 2.24) is 0 Å². The number of hydrogen-bond acceptors (Lipinski definition) is 3. The third-order valence-electron chi connectivity index (χ3n) is 2.82. The largest absolute Gasteiger partial charge is 0.385 e. The van der Waals surface area contributed by atoms with E-state index in [0.717, 1.165) is 25.4 Å². The molecule has 3 nitrogen and oxygen atoms in total. The Balaban J connectivity index is 1.80. The molecule has 1 unspecified atom stereocenters. The van der Waals surface area contributed by atoms with Crippen molar-refractivity contribution in [2.45, 2.75) is 25.9 Å². The predicted octanol–water partition coefficient (Wildman–Crippen LogP) is 2.71. The number of nitrogens with one attached hydrogen (secondary N) is 2. The topological polar surface area (TPSA) is 33.3 Å². The minimum Gasteiger partial charge on any atom is -0.385 e. The first kappa shape index (κ1) is 11.3. The number of benzene rings is 1. The van der Waals surface area contributed by atoms with Gasteiger partial charge < -0.3 is 15.4 Å². The SMILES string of the molecule is CCNc1ccc(NCC2CCCO2)cc1. The van der Waals surface area contributed by atoms with Gasteiger partial charge in [0.05, 0.1) is 6.10 Å². The van der Waals surface area contributed by atoms with E-state index in [9.17, 15) is 0 Å². The third kappa shape index (κ3) is 3.14. The zero-order valence-corrected chi connectivity index (χ0v) is 9.83. The van der Waals surface area contributed by atoms with Crippen LogP contribution in [0.5, 0.6) is 0 Å². The summed E-state index contributed by atoms with van der Waals surface area (Å²) >= 11 is 0. The van der Waals surface area contributed by atoms with Crippen molar-refractivity contribution in [3.63, 3.8) is 0 Å². The quantitative estimate of drug-likeness (QED) is 0.800. The van der Waals surface area contributed by atoms with Gasteiger partial charge >= 0.3 is 0 Å². The van der Waals surface area contributed by atoms with Crippen LogP contribution in [-0.4, -0.2) is 25.8 Å². The van der Waals surface area contributed by atoms with Crippen LogP contribution in [0.2, 0.25) is 0 Å². The van der Waals surface area contributed by atoms with Crippen molar-refractivity contribution < 1.29 is 4.74 Å². The van der Waals surface area contributed by atoms with Gasteiger partial charge in [-0.3, -0.25) is 0 Å². The summed E-state index contributed by atoms with van der Waals surface area (Å²) < 4.78 is 5.56. The maximum atomic E-state index is 5.56. The van der Waals surface area contributed by atoms with Crippen LogP contribution in [-0.2, 0) is 4.74 Å². The van der Waals surface area contributed by atoms with Crippen LogP contribution in [0.1, 0.15) is 19.8 Å². The first-order chi connectivity index (χ1) is 7.88. The fraction of sp³-hybridized carbons (Fsp3) is 0.538. The fourth-order valence-corrected chi connectivity index (χ4v) is 1.95. The van der Waals surface area contributed by atoms with Gasteiger partial charge in [0.25, 0.3) is 0 Å². The predicted molar refractivity (Wildman–Crippen MR) is 68.1 cm³/mol. The Morgan fingerprint density at radius 3 is 2.44 bits per heavy atom. The molecule has 0 amide bonds. The molecule has 0 saturated carbocycles. The van der Waals surface area contributed by atoms with Crippen LogP contribution >= 0.6 is 0 Å². The first-order valence-electron chi connectivity index (χ1n) is 6.08. The molecule has 2 N–H and O–H groups in total. The van der Waals surface area contributed by atoms with Crippen molar-refractivity contribution in [2.75, 3.05) is 30.3 Å². The molecule has 16 heavy (non-hydrogen) atoms. The lowest BCUT2D eigenvalue weighted by Crippen LogP contribution is -2.18. The van der Waals surface area contributed by atoms with E-state index in [0.29, 0.717) is 6.10 Å². The fourth-order valence-electron chi connectivity index (χ4n) is 1.95. The highest BCUT2D eigenvalue weighted by atomic mass is 16.5. The number of anilines is 2. The summed E-state index contributed by atoms with van der Waals surface area (Å²) in [6.45, 7) is 4.90. The van der Waals surface area contributed by atoms with Gasteiger partial charge in [-0.2, -0.15) is 0 Å². The Morgan fingerprint density at radius 1 is 1.19 bits per heavy atom. The molecule has 3 heteroatoms. The van der Waals surface area contributed by atoms with E-state index in [1.165, 1.54) is 18.5 Å². The van der Waals surface area contributed by atoms with Gasteiger partial charge in [-0.25, -0.2) is 0 Å². The van der Waals surface area contributed by atoms with Crippen LogP contribution in [0.4, 0.5) is 11.4 Å². The van der Waals surface area contributed by atoms with Gasteiger partial charge in [-0.05, 0) is 44.0 Å². The smallest absolute Gasteiger partial charge is 0.0748 e. The lowest BCUT2D eigenvalue weighted by atomic mass is 10.2. The Bertz CT molecular complexity index is 304. The summed E-state index contributed by atoms with van der Waals surface area (Å²) in [5.41, 5.74) is 2.34. The molecule has 1 saturated heterocycles. The minimum atomic E-state index is 0.397. The first-order valence-corrected chi connectivity index (χ1v) is 6.08. The summed E-state index contributed by atoms with van der Waals surface area (Å²) in [6.07, 6.45) is 2.78. The second kappa shape index (κ2) is 5.75. The molecule has 2 rings (SSSR count). The molecule has 0 spiro atoms. The Hall–Kier alpha value is -1.22. The van der Waals surface area contributed by atoms with Crippen LogP contribution < -0.4 is 10.6 Å². The van der Waals surface area contributed by atoms with E-state index in [-0.39, 0.29) is 0 Å². The highest BCUT2D eigenvalue weighted by molar-refractivity contribution is 5.53. The molecule has 1 aromatic rings. The molecule has 1 aliphatic heterocycles. The standard InChI is InChI=1S/C13H20N2O/c1-2-14-11-5-7-12(8-6-11)15-10-13-4-3-9-16-13/h5-8,13-15H,2-4,9-10H2,1H3. The summed E-state index contributed by atoms with van der Waals surface area (Å²) in [6, 6.07) is 8.41. The van der Waals surface area contributed by atoms with Crippen molar-refractivity contribution in [1.29, 1.82) is 0 Å². The van der Waals surface area contributed by atoms with Gasteiger partial charge in [0, 0.05) is 31.1 Å². The second-order valence-electron chi connectivity index (χ2n) is 4.12. The van der Waals surface area contributed by atoms with E-state index in [1.807, 2.05) is 0 Å². The maximum Gasteiger partial charge on any atom is 0.0748 e. The van der Waals surface area contributed by atoms with Gasteiger partial charge in [-0.15, -0.1) is 0 Å². The number of hydrogen-bond donors (Lipinski definition) is 2. The van der Waals surface area contributed by atoms with Crippen molar-refractivity contribution in [2.24, 2.45) is 0 Å². The van der Waals surface area contributed by atoms with E-state index in [2.05, 4.69) is 41.8 Å². The molecular weight excluding hydrogens is 200 g/mol. The number of ether oxygens (including phenoxy) is 1. The zero-order chi connectivity index (χ0) is 11.2. The molecule has 0 aliphatic carbocycles. The van der Waals surface area contributed by atoms with Gasteiger partial charge in [-0.1, -0.05) is 0 Å². The van der Waals surface area contributed by atoms with Gasteiger partial charge in [0.2, 0.25) is 0 Å². The Kier molecular flexibility index (Phi) is 4.05. The normalized spacial score (nSPS) is 19.7. The molecule has 88 valence electrons. The van der Waals surface area contributed by atoms with Crippen LogP contribution in [0.3, 0.4) is 0 Å². The molecule has 0 aromatic heterocycles. The van der Waals surface area contributed by atoms with E-state index >= 15 is 0 Å². The summed E-state index contributed by atoms with van der Waals surface area (Å²) in [5, 5.41) is 6.68. The van der Waals surface area contributed by atoms with Crippen LogP contribution in [0.15, 0.2) is 24.3 Å². The van der Waals surface area contributed by atoms with E-state index < -0.39 is 0 Å². The van der Waals surface area contributed by atoms with Crippen molar-refractivity contribution in [3.8, 4) is 0 Å². The maximum absolute atomic E-state index is 5.56. The molecule has 0 radical (unpaired) electrons. The summed E-state index contributed by atoms with van der Waals surface area (Å²) in [7, 11) is 0. The zero-order valence-electron chi connectivity index (χ0n) is 9.83. The molecule has 1 aromatic carbocycles. The average molecular weight is 220 g/mol. The highest BCUT2D eigenvalue weighted by Gasteiger charge is 2.14. The van der Waals surface area contributed by atoms with Gasteiger partial charge in [0.15, 0.2) is 0 Å². The molecule has 1 atom stereocenters. The third-order valence-corrected chi connectivity index (χ3v) is 2.82. The molecule has 0 bridgehead atoms. The second-order valence-corrected chi connectivity index (χ2v) is 4.12. The van der Waals surface area contributed by atoms with Gasteiger partial charge in [0.1, 0.15) is 0 Å². The summed E-state index contributed by atoms with van der Waals surface area (Å²) in [4.78, 5) is 0. The van der Waals surface area contributed by atoms with Crippen LogP contribution in [0.25, 0.3) is 0 Å². The Morgan fingerprint density at radius 2 is 1.88 bits per heavy atom. The monoisotopic (exact) mass is 220 g/mol. The molecular formula is C13H20N2O. The van der Waals surface area contributed by atoms with E-state index in [4.69, 9.17) is 4.74 Å². The highest BCUT2D eigenvalue weighted by Crippen LogP contribution is 2.16. The summed E-state index contributed by atoms with van der Waals surface area (Å²) in [5.74, 6) is 0. The Labute approximate surface area is 97.2 Å². The minimum absolute atomic E-state index is 0.397. The lowest BCUT2D eigenvalue weighted by Gasteiger charge is -2.12. The molecule has 1 fully saturated rings.